The van der Waals surface area contributed by atoms with Crippen molar-refractivity contribution in [1.29, 1.82) is 0 Å². The Kier molecular flexibility index (Phi) is 3.93. The number of nitrogens with zero attached hydrogens (tertiary/aromatic N) is 2. The van der Waals surface area contributed by atoms with Gasteiger partial charge >= 0.3 is 5.97 Å². The van der Waals surface area contributed by atoms with Crippen LogP contribution in [0.1, 0.15) is 16.2 Å². The molecule has 0 saturated heterocycles. The van der Waals surface area contributed by atoms with Crippen molar-refractivity contribution in [3.8, 4) is 0 Å². The SMILES string of the molecule is O=C(O)c1csc(S(=O)(=O)NCCc2ncno2)c1. The van der Waals surface area contributed by atoms with Crippen LogP contribution in [0.3, 0.4) is 0 Å². The van der Waals surface area contributed by atoms with E-state index >= 15 is 0 Å². The van der Waals surface area contributed by atoms with Crippen molar-refractivity contribution in [2.75, 3.05) is 6.54 Å². The van der Waals surface area contributed by atoms with Gasteiger partial charge in [0, 0.05) is 18.3 Å². The van der Waals surface area contributed by atoms with Crippen LogP contribution in [0.5, 0.6) is 0 Å². The molecule has 0 spiro atoms. The number of carboxylic acids is 1. The van der Waals surface area contributed by atoms with E-state index in [1.54, 1.807) is 0 Å². The molecular weight excluding hydrogens is 294 g/mol. The number of sulfonamides is 1. The van der Waals surface area contributed by atoms with Crippen molar-refractivity contribution < 1.29 is 22.8 Å². The van der Waals surface area contributed by atoms with Crippen LogP contribution in [0.2, 0.25) is 0 Å². The summed E-state index contributed by atoms with van der Waals surface area (Å²) in [6.45, 7) is 0.0881. The highest BCUT2D eigenvalue weighted by atomic mass is 32.2. The van der Waals surface area contributed by atoms with E-state index in [1.807, 2.05) is 0 Å². The van der Waals surface area contributed by atoms with E-state index in [9.17, 15) is 13.2 Å². The minimum Gasteiger partial charge on any atom is -0.478 e. The third kappa shape index (κ3) is 3.36. The molecule has 0 atom stereocenters. The van der Waals surface area contributed by atoms with Crippen molar-refractivity contribution >= 4 is 27.3 Å². The molecule has 0 radical (unpaired) electrons. The Morgan fingerprint density at radius 2 is 2.32 bits per heavy atom. The van der Waals surface area contributed by atoms with Crippen molar-refractivity contribution in [1.82, 2.24) is 14.9 Å². The largest absolute Gasteiger partial charge is 0.478 e. The Balaban J connectivity index is 1.99. The van der Waals surface area contributed by atoms with Gasteiger partial charge in [0.2, 0.25) is 15.9 Å². The Morgan fingerprint density at radius 1 is 1.53 bits per heavy atom. The second-order valence-corrected chi connectivity index (χ2v) is 6.35. The number of thiophene rings is 1. The smallest absolute Gasteiger partial charge is 0.336 e. The number of hydrogen-bond donors (Lipinski definition) is 2. The standard InChI is InChI=1S/C9H9N3O5S2/c13-9(14)6-3-8(18-4-6)19(15,16)12-2-1-7-10-5-11-17-7/h3-5,12H,1-2H2,(H,13,14). The summed E-state index contributed by atoms with van der Waals surface area (Å²) in [5.74, 6) is -0.844. The van der Waals surface area contributed by atoms with Gasteiger partial charge in [-0.05, 0) is 6.07 Å². The van der Waals surface area contributed by atoms with E-state index < -0.39 is 16.0 Å². The van der Waals surface area contributed by atoms with Crippen LogP contribution in [-0.4, -0.2) is 36.2 Å². The summed E-state index contributed by atoms with van der Waals surface area (Å²) in [7, 11) is -3.71. The molecule has 0 bridgehead atoms. The monoisotopic (exact) mass is 303 g/mol. The topological polar surface area (TPSA) is 122 Å². The number of rotatable bonds is 6. The Bertz CT molecular complexity index is 662. The Labute approximate surface area is 112 Å². The van der Waals surface area contributed by atoms with E-state index in [2.05, 4.69) is 14.9 Å². The van der Waals surface area contributed by atoms with E-state index in [-0.39, 0.29) is 22.7 Å². The number of hydrogen-bond acceptors (Lipinski definition) is 7. The number of aromatic carboxylic acids is 1. The van der Waals surface area contributed by atoms with Gasteiger partial charge in [-0.3, -0.25) is 0 Å². The molecule has 0 amide bonds. The molecule has 0 unspecified atom stereocenters. The third-order valence-corrected chi connectivity index (χ3v) is 5.03. The minimum absolute atomic E-state index is 0.0459. The van der Waals surface area contributed by atoms with Crippen LogP contribution in [-0.2, 0) is 16.4 Å². The molecule has 102 valence electrons. The van der Waals surface area contributed by atoms with Crippen molar-refractivity contribution in [2.45, 2.75) is 10.6 Å². The number of carbonyl (C=O) groups is 1. The van der Waals surface area contributed by atoms with E-state index in [4.69, 9.17) is 9.63 Å². The normalized spacial score (nSPS) is 11.6. The lowest BCUT2D eigenvalue weighted by Gasteiger charge is -2.02. The first-order valence-corrected chi connectivity index (χ1v) is 7.42. The van der Waals surface area contributed by atoms with Gasteiger partial charge in [-0.15, -0.1) is 11.3 Å². The summed E-state index contributed by atoms with van der Waals surface area (Å²) in [4.78, 5) is 14.4. The first-order valence-electron chi connectivity index (χ1n) is 5.06. The lowest BCUT2D eigenvalue weighted by molar-refractivity contribution is 0.0697. The Morgan fingerprint density at radius 3 is 2.89 bits per heavy atom. The second-order valence-electron chi connectivity index (χ2n) is 3.44. The third-order valence-electron chi connectivity index (χ3n) is 2.13. The zero-order valence-electron chi connectivity index (χ0n) is 9.44. The molecule has 2 aromatic rings. The first kappa shape index (κ1) is 13.6. The van der Waals surface area contributed by atoms with Crippen LogP contribution < -0.4 is 4.72 Å². The fourth-order valence-corrected chi connectivity index (χ4v) is 3.47. The summed E-state index contributed by atoms with van der Waals surface area (Å²) in [5, 5.41) is 13.4. The van der Waals surface area contributed by atoms with Gasteiger partial charge in [0.05, 0.1) is 5.56 Å². The average Bonchev–Trinajstić information content (AvgIpc) is 2.99. The highest BCUT2D eigenvalue weighted by Gasteiger charge is 2.18. The maximum Gasteiger partial charge on any atom is 0.336 e. The van der Waals surface area contributed by atoms with Crippen LogP contribution in [0.15, 0.2) is 26.5 Å². The molecule has 0 fully saturated rings. The highest BCUT2D eigenvalue weighted by molar-refractivity contribution is 7.91. The minimum atomic E-state index is -3.71. The van der Waals surface area contributed by atoms with E-state index in [1.165, 1.54) is 11.7 Å². The van der Waals surface area contributed by atoms with Gasteiger partial charge < -0.3 is 9.63 Å². The van der Waals surface area contributed by atoms with Gasteiger partial charge in [0.25, 0.3) is 0 Å². The van der Waals surface area contributed by atoms with Crippen molar-refractivity contribution in [3.05, 3.63) is 29.2 Å². The molecule has 0 aromatic carbocycles. The maximum absolute atomic E-state index is 11.8. The average molecular weight is 303 g/mol. The maximum atomic E-state index is 11.8. The molecule has 2 aromatic heterocycles. The van der Waals surface area contributed by atoms with Gasteiger partial charge in [-0.25, -0.2) is 17.9 Å². The molecule has 10 heteroatoms. The van der Waals surface area contributed by atoms with Crippen LogP contribution in [0.25, 0.3) is 0 Å². The highest BCUT2D eigenvalue weighted by Crippen LogP contribution is 2.19. The molecule has 0 aliphatic rings. The summed E-state index contributed by atoms with van der Waals surface area (Å²) >= 11 is 0.850. The first-order chi connectivity index (χ1) is 8.99. The molecule has 2 heterocycles. The molecule has 19 heavy (non-hydrogen) atoms. The lowest BCUT2D eigenvalue weighted by atomic mass is 10.4. The fraction of sp³-hybridized carbons (Fsp3) is 0.222. The molecule has 2 N–H and O–H groups in total. The van der Waals surface area contributed by atoms with Gasteiger partial charge in [-0.1, -0.05) is 5.16 Å². The summed E-state index contributed by atoms with van der Waals surface area (Å²) < 4.78 is 30.7. The quantitative estimate of drug-likeness (QED) is 0.789. The summed E-state index contributed by atoms with van der Waals surface area (Å²) in [6, 6.07) is 1.11. The molecule has 8 nitrogen and oxygen atoms in total. The van der Waals surface area contributed by atoms with Crippen molar-refractivity contribution in [2.24, 2.45) is 0 Å². The predicted molar refractivity (Wildman–Crippen MR) is 64.5 cm³/mol. The van der Waals surface area contributed by atoms with Crippen molar-refractivity contribution in [3.63, 3.8) is 0 Å². The van der Waals surface area contributed by atoms with E-state index in [0.29, 0.717) is 5.89 Å². The fourth-order valence-electron chi connectivity index (χ4n) is 1.24. The number of nitrogens with one attached hydrogen (secondary N) is 1. The second kappa shape index (κ2) is 5.47. The van der Waals surface area contributed by atoms with Gasteiger partial charge in [-0.2, -0.15) is 4.98 Å². The lowest BCUT2D eigenvalue weighted by Crippen LogP contribution is -2.25. The number of carboxylic acid groups (broad SMARTS) is 1. The van der Waals surface area contributed by atoms with Crippen LogP contribution >= 0.6 is 11.3 Å². The van der Waals surface area contributed by atoms with Crippen LogP contribution in [0, 0.1) is 0 Å². The molecule has 0 aliphatic heterocycles. The predicted octanol–water partition coefficient (Wildman–Crippen LogP) is 0.350. The molecule has 2 rings (SSSR count). The summed E-state index contributed by atoms with van der Waals surface area (Å²) in [6.07, 6.45) is 1.48. The molecular formula is C9H9N3O5S2. The molecule has 0 aliphatic carbocycles. The molecule has 0 saturated carbocycles. The van der Waals surface area contributed by atoms with E-state index in [0.717, 1.165) is 17.4 Å². The van der Waals surface area contributed by atoms with Gasteiger partial charge in [0.15, 0.2) is 6.33 Å². The zero-order chi connectivity index (χ0) is 13.9. The summed E-state index contributed by atoms with van der Waals surface area (Å²) in [5.41, 5.74) is -0.0534. The Hall–Kier alpha value is -1.78. The zero-order valence-corrected chi connectivity index (χ0v) is 11.1. The number of aromatic nitrogens is 2. The van der Waals surface area contributed by atoms with Crippen LogP contribution in [0.4, 0.5) is 0 Å². The van der Waals surface area contributed by atoms with Gasteiger partial charge in [0.1, 0.15) is 4.21 Å².